The molecular formula is C18H19NO4. The summed E-state index contributed by atoms with van der Waals surface area (Å²) in [6, 6.07) is 12.9. The summed E-state index contributed by atoms with van der Waals surface area (Å²) in [6.45, 7) is 0. The van der Waals surface area contributed by atoms with Crippen LogP contribution in [0.1, 0.15) is 15.9 Å². The van der Waals surface area contributed by atoms with Gasteiger partial charge in [-0.1, -0.05) is 30.3 Å². The number of carbonyl (C=O) groups is 1. The Hall–Kier alpha value is -2.95. The number of carbonyl (C=O) groups excluding carboxylic acids is 1. The molecule has 0 aliphatic carbocycles. The Bertz CT molecular complexity index is 670. The number of nitrogens with one attached hydrogen (secondary N) is 1. The van der Waals surface area contributed by atoms with Gasteiger partial charge >= 0.3 is 0 Å². The number of benzene rings is 2. The second-order valence-electron chi connectivity index (χ2n) is 4.63. The Balaban J connectivity index is 2.17. The predicted octanol–water partition coefficient (Wildman–Crippen LogP) is 3.11. The zero-order chi connectivity index (χ0) is 16.7. The van der Waals surface area contributed by atoms with Crippen molar-refractivity contribution in [1.29, 1.82) is 0 Å². The molecule has 1 amide bonds. The molecule has 0 saturated carbocycles. The summed E-state index contributed by atoms with van der Waals surface area (Å²) in [5.41, 5.74) is 1.41. The molecule has 2 rings (SSSR count). The first-order chi connectivity index (χ1) is 11.2. The van der Waals surface area contributed by atoms with Crippen LogP contribution >= 0.6 is 0 Å². The Labute approximate surface area is 135 Å². The van der Waals surface area contributed by atoms with Crippen LogP contribution in [-0.2, 0) is 0 Å². The second-order valence-corrected chi connectivity index (χ2v) is 4.63. The Kier molecular flexibility index (Phi) is 5.63. The van der Waals surface area contributed by atoms with Crippen LogP contribution in [-0.4, -0.2) is 27.2 Å². The highest BCUT2D eigenvalue weighted by Crippen LogP contribution is 2.38. The quantitative estimate of drug-likeness (QED) is 0.890. The zero-order valence-electron chi connectivity index (χ0n) is 13.3. The molecule has 0 atom stereocenters. The summed E-state index contributed by atoms with van der Waals surface area (Å²) in [4.78, 5) is 12.3. The Morgan fingerprint density at radius 1 is 0.957 bits per heavy atom. The number of methoxy groups -OCH3 is 3. The van der Waals surface area contributed by atoms with E-state index in [0.29, 0.717) is 22.8 Å². The van der Waals surface area contributed by atoms with Gasteiger partial charge in [0.15, 0.2) is 11.5 Å². The summed E-state index contributed by atoms with van der Waals surface area (Å²) in [5, 5.41) is 2.72. The molecule has 2 aromatic carbocycles. The first-order valence-electron chi connectivity index (χ1n) is 7.02. The van der Waals surface area contributed by atoms with Gasteiger partial charge in [0.1, 0.15) is 0 Å². The lowest BCUT2D eigenvalue weighted by Crippen LogP contribution is -2.17. The summed E-state index contributed by atoms with van der Waals surface area (Å²) < 4.78 is 15.7. The minimum Gasteiger partial charge on any atom is -0.493 e. The Morgan fingerprint density at radius 3 is 2.09 bits per heavy atom. The highest BCUT2D eigenvalue weighted by molar-refractivity contribution is 5.96. The molecule has 0 aliphatic rings. The van der Waals surface area contributed by atoms with Crippen LogP contribution in [0.5, 0.6) is 17.2 Å². The van der Waals surface area contributed by atoms with E-state index in [0.717, 1.165) is 5.56 Å². The van der Waals surface area contributed by atoms with Gasteiger partial charge in [0, 0.05) is 11.8 Å². The molecule has 120 valence electrons. The maximum absolute atomic E-state index is 12.3. The fourth-order valence-electron chi connectivity index (χ4n) is 2.07. The number of hydrogen-bond acceptors (Lipinski definition) is 4. The van der Waals surface area contributed by atoms with Gasteiger partial charge < -0.3 is 19.5 Å². The van der Waals surface area contributed by atoms with E-state index in [4.69, 9.17) is 14.2 Å². The van der Waals surface area contributed by atoms with Crippen molar-refractivity contribution in [3.05, 3.63) is 59.8 Å². The molecule has 0 radical (unpaired) electrons. The standard InChI is InChI=1S/C18H19NO4/c1-21-15-11-14(12-16(22-2)17(15)23-3)18(20)19-10-9-13-7-5-4-6-8-13/h4-12H,1-3H3,(H,19,20). The molecule has 0 heterocycles. The van der Waals surface area contributed by atoms with Crippen molar-refractivity contribution < 1.29 is 19.0 Å². The highest BCUT2D eigenvalue weighted by atomic mass is 16.5. The van der Waals surface area contributed by atoms with E-state index >= 15 is 0 Å². The maximum Gasteiger partial charge on any atom is 0.255 e. The predicted molar refractivity (Wildman–Crippen MR) is 89.0 cm³/mol. The SMILES string of the molecule is COc1cc(C(=O)NC=Cc2ccccc2)cc(OC)c1OC. The van der Waals surface area contributed by atoms with Gasteiger partial charge in [-0.15, -0.1) is 0 Å². The molecule has 0 saturated heterocycles. The molecule has 0 fully saturated rings. The summed E-state index contributed by atoms with van der Waals surface area (Å²) in [7, 11) is 4.53. The number of ether oxygens (including phenoxy) is 3. The number of hydrogen-bond donors (Lipinski definition) is 1. The first kappa shape index (κ1) is 16.4. The fourth-order valence-corrected chi connectivity index (χ4v) is 2.07. The maximum atomic E-state index is 12.3. The van der Waals surface area contributed by atoms with Gasteiger partial charge in [-0.3, -0.25) is 4.79 Å². The van der Waals surface area contributed by atoms with Crippen molar-refractivity contribution >= 4 is 12.0 Å². The largest absolute Gasteiger partial charge is 0.493 e. The molecule has 0 aliphatic heterocycles. The van der Waals surface area contributed by atoms with E-state index in [1.54, 1.807) is 18.3 Å². The summed E-state index contributed by atoms with van der Waals surface area (Å²) >= 11 is 0. The van der Waals surface area contributed by atoms with Crippen LogP contribution in [0.15, 0.2) is 48.7 Å². The molecule has 5 nitrogen and oxygen atoms in total. The van der Waals surface area contributed by atoms with Crippen LogP contribution in [0, 0.1) is 0 Å². The van der Waals surface area contributed by atoms with E-state index in [2.05, 4.69) is 5.32 Å². The van der Waals surface area contributed by atoms with E-state index in [1.807, 2.05) is 36.4 Å². The summed E-state index contributed by atoms with van der Waals surface area (Å²) in [5.74, 6) is 1.05. The molecule has 23 heavy (non-hydrogen) atoms. The van der Waals surface area contributed by atoms with Crippen molar-refractivity contribution in [2.24, 2.45) is 0 Å². The lowest BCUT2D eigenvalue weighted by Gasteiger charge is -2.13. The molecule has 2 aromatic rings. The second kappa shape index (κ2) is 7.89. The van der Waals surface area contributed by atoms with Gasteiger partial charge in [0.05, 0.1) is 21.3 Å². The molecule has 1 N–H and O–H groups in total. The third-order valence-corrected chi connectivity index (χ3v) is 3.22. The molecule has 0 aromatic heterocycles. The van der Waals surface area contributed by atoms with Gasteiger partial charge in [0.2, 0.25) is 5.75 Å². The van der Waals surface area contributed by atoms with Crippen LogP contribution in [0.3, 0.4) is 0 Å². The van der Waals surface area contributed by atoms with E-state index in [1.165, 1.54) is 21.3 Å². The van der Waals surface area contributed by atoms with Gasteiger partial charge in [-0.2, -0.15) is 0 Å². The smallest absolute Gasteiger partial charge is 0.255 e. The van der Waals surface area contributed by atoms with E-state index in [9.17, 15) is 4.79 Å². The van der Waals surface area contributed by atoms with Crippen molar-refractivity contribution in [1.82, 2.24) is 5.32 Å². The van der Waals surface area contributed by atoms with Gasteiger partial charge in [0.25, 0.3) is 5.91 Å². The minimum absolute atomic E-state index is 0.267. The van der Waals surface area contributed by atoms with Crippen LogP contribution in [0.4, 0.5) is 0 Å². The molecule has 0 spiro atoms. The van der Waals surface area contributed by atoms with Crippen molar-refractivity contribution in [2.75, 3.05) is 21.3 Å². The van der Waals surface area contributed by atoms with Crippen LogP contribution in [0.2, 0.25) is 0 Å². The Morgan fingerprint density at radius 2 is 1.57 bits per heavy atom. The van der Waals surface area contributed by atoms with Crippen LogP contribution < -0.4 is 19.5 Å². The third-order valence-electron chi connectivity index (χ3n) is 3.22. The topological polar surface area (TPSA) is 56.8 Å². The molecule has 5 heteroatoms. The van der Waals surface area contributed by atoms with Gasteiger partial charge in [-0.05, 0) is 23.8 Å². The van der Waals surface area contributed by atoms with Crippen LogP contribution in [0.25, 0.3) is 6.08 Å². The number of rotatable bonds is 6. The fraction of sp³-hybridized carbons (Fsp3) is 0.167. The van der Waals surface area contributed by atoms with Gasteiger partial charge in [-0.25, -0.2) is 0 Å². The van der Waals surface area contributed by atoms with Crippen molar-refractivity contribution in [2.45, 2.75) is 0 Å². The normalized spacial score (nSPS) is 10.4. The highest BCUT2D eigenvalue weighted by Gasteiger charge is 2.16. The zero-order valence-corrected chi connectivity index (χ0v) is 13.3. The molecule has 0 bridgehead atoms. The van der Waals surface area contributed by atoms with Crippen molar-refractivity contribution in [3.8, 4) is 17.2 Å². The van der Waals surface area contributed by atoms with E-state index in [-0.39, 0.29) is 5.91 Å². The molecule has 0 unspecified atom stereocenters. The number of amides is 1. The minimum atomic E-state index is -0.267. The monoisotopic (exact) mass is 313 g/mol. The average Bonchev–Trinajstić information content (AvgIpc) is 2.61. The molecular weight excluding hydrogens is 294 g/mol. The third kappa shape index (κ3) is 4.03. The lowest BCUT2D eigenvalue weighted by molar-refractivity contribution is 0.0969. The summed E-state index contributed by atoms with van der Waals surface area (Å²) in [6.07, 6.45) is 3.41. The first-order valence-corrected chi connectivity index (χ1v) is 7.02. The van der Waals surface area contributed by atoms with E-state index < -0.39 is 0 Å². The lowest BCUT2D eigenvalue weighted by atomic mass is 10.1. The van der Waals surface area contributed by atoms with Crippen molar-refractivity contribution in [3.63, 3.8) is 0 Å². The average molecular weight is 313 g/mol.